The van der Waals surface area contributed by atoms with Crippen molar-refractivity contribution in [3.8, 4) is 0 Å². The Hall–Kier alpha value is -2.47. The number of benzene rings is 1. The number of carbonyl (C=O) groups excluding carboxylic acids is 1. The van der Waals surface area contributed by atoms with Gasteiger partial charge in [-0.3, -0.25) is 9.69 Å². The molecule has 2 aromatic rings. The summed E-state index contributed by atoms with van der Waals surface area (Å²) in [5.74, 6) is 0.910. The SMILES string of the molecule is O=C1c2cnc(N3CCN(Cc4ccccc4)CC3)nc2CN1C1CCCCC1. The second-order valence-corrected chi connectivity index (χ2v) is 8.50. The maximum atomic E-state index is 12.8. The van der Waals surface area contributed by atoms with Crippen LogP contribution in [0.4, 0.5) is 5.95 Å². The summed E-state index contributed by atoms with van der Waals surface area (Å²) >= 11 is 0. The highest BCUT2D eigenvalue weighted by Gasteiger charge is 2.35. The van der Waals surface area contributed by atoms with Crippen LogP contribution >= 0.6 is 0 Å². The van der Waals surface area contributed by atoms with Crippen LogP contribution in [0.5, 0.6) is 0 Å². The van der Waals surface area contributed by atoms with Crippen molar-refractivity contribution in [2.45, 2.75) is 51.2 Å². The van der Waals surface area contributed by atoms with Gasteiger partial charge in [-0.15, -0.1) is 0 Å². The molecule has 29 heavy (non-hydrogen) atoms. The Kier molecular flexibility index (Phi) is 5.19. The van der Waals surface area contributed by atoms with E-state index in [1.54, 1.807) is 6.20 Å². The van der Waals surface area contributed by atoms with Gasteiger partial charge in [0, 0.05) is 45.0 Å². The van der Waals surface area contributed by atoms with Crippen LogP contribution < -0.4 is 4.90 Å². The smallest absolute Gasteiger partial charge is 0.257 e. The van der Waals surface area contributed by atoms with Gasteiger partial charge >= 0.3 is 0 Å². The lowest BCUT2D eigenvalue weighted by atomic mass is 9.94. The normalized spacial score (nSPS) is 20.9. The van der Waals surface area contributed by atoms with Crippen molar-refractivity contribution in [1.82, 2.24) is 19.8 Å². The molecular formula is C23H29N5O. The Labute approximate surface area is 172 Å². The number of rotatable bonds is 4. The van der Waals surface area contributed by atoms with Crippen molar-refractivity contribution in [2.24, 2.45) is 0 Å². The summed E-state index contributed by atoms with van der Waals surface area (Å²) < 4.78 is 0. The number of fused-ring (bicyclic) bond motifs is 1. The number of hydrogen-bond donors (Lipinski definition) is 0. The van der Waals surface area contributed by atoms with Crippen LogP contribution in [0.15, 0.2) is 36.5 Å². The third kappa shape index (κ3) is 3.86. The van der Waals surface area contributed by atoms with Crippen LogP contribution in [0.1, 0.15) is 53.7 Å². The summed E-state index contributed by atoms with van der Waals surface area (Å²) in [6, 6.07) is 11.0. The molecule has 3 aliphatic rings. The topological polar surface area (TPSA) is 52.6 Å². The summed E-state index contributed by atoms with van der Waals surface area (Å²) in [4.78, 5) is 29.0. The maximum absolute atomic E-state index is 12.8. The Morgan fingerprint density at radius 3 is 2.48 bits per heavy atom. The molecule has 0 spiro atoms. The van der Waals surface area contributed by atoms with E-state index in [1.165, 1.54) is 24.8 Å². The number of piperazine rings is 1. The molecule has 1 saturated carbocycles. The van der Waals surface area contributed by atoms with Gasteiger partial charge < -0.3 is 9.80 Å². The van der Waals surface area contributed by atoms with E-state index >= 15 is 0 Å². The molecule has 2 fully saturated rings. The summed E-state index contributed by atoms with van der Waals surface area (Å²) in [5.41, 5.74) is 2.98. The van der Waals surface area contributed by atoms with E-state index in [9.17, 15) is 4.79 Å². The van der Waals surface area contributed by atoms with Gasteiger partial charge in [0.1, 0.15) is 0 Å². The van der Waals surface area contributed by atoms with E-state index in [1.807, 2.05) is 4.90 Å². The van der Waals surface area contributed by atoms with Gasteiger partial charge in [-0.25, -0.2) is 9.97 Å². The fourth-order valence-corrected chi connectivity index (χ4v) is 4.88. The van der Waals surface area contributed by atoms with E-state index in [-0.39, 0.29) is 5.91 Å². The van der Waals surface area contributed by atoms with Gasteiger partial charge in [-0.1, -0.05) is 49.6 Å². The Morgan fingerprint density at radius 1 is 0.966 bits per heavy atom. The molecule has 0 bridgehead atoms. The van der Waals surface area contributed by atoms with Gasteiger partial charge in [-0.05, 0) is 18.4 Å². The second-order valence-electron chi connectivity index (χ2n) is 8.50. The van der Waals surface area contributed by atoms with E-state index in [4.69, 9.17) is 4.98 Å². The molecule has 0 atom stereocenters. The summed E-state index contributed by atoms with van der Waals surface area (Å²) in [6.45, 7) is 5.50. The Bertz CT molecular complexity index is 857. The molecule has 2 aliphatic heterocycles. The predicted octanol–water partition coefficient (Wildman–Crippen LogP) is 3.09. The minimum absolute atomic E-state index is 0.131. The second kappa shape index (κ2) is 8.11. The lowest BCUT2D eigenvalue weighted by Crippen LogP contribution is -2.46. The minimum Gasteiger partial charge on any atom is -0.338 e. The quantitative estimate of drug-likeness (QED) is 0.802. The first-order chi connectivity index (χ1) is 14.3. The molecule has 0 radical (unpaired) electrons. The molecule has 1 aromatic heterocycles. The zero-order chi connectivity index (χ0) is 19.6. The molecule has 5 rings (SSSR count). The van der Waals surface area contributed by atoms with E-state index in [2.05, 4.69) is 45.1 Å². The molecule has 0 unspecified atom stereocenters. The Balaban J connectivity index is 1.22. The Morgan fingerprint density at radius 2 is 1.72 bits per heavy atom. The van der Waals surface area contributed by atoms with Crippen molar-refractivity contribution in [2.75, 3.05) is 31.1 Å². The molecule has 1 saturated heterocycles. The molecule has 1 aromatic carbocycles. The van der Waals surface area contributed by atoms with Crippen LogP contribution in [-0.4, -0.2) is 57.9 Å². The lowest BCUT2D eigenvalue weighted by molar-refractivity contribution is 0.0659. The zero-order valence-corrected chi connectivity index (χ0v) is 17.0. The van der Waals surface area contributed by atoms with Crippen molar-refractivity contribution in [1.29, 1.82) is 0 Å². The van der Waals surface area contributed by atoms with Crippen molar-refractivity contribution in [3.63, 3.8) is 0 Å². The summed E-state index contributed by atoms with van der Waals surface area (Å²) in [7, 11) is 0. The van der Waals surface area contributed by atoms with Crippen molar-refractivity contribution >= 4 is 11.9 Å². The molecular weight excluding hydrogens is 362 g/mol. The number of amides is 1. The molecule has 6 nitrogen and oxygen atoms in total. The van der Waals surface area contributed by atoms with Gasteiger partial charge in [0.15, 0.2) is 0 Å². The maximum Gasteiger partial charge on any atom is 0.257 e. The number of anilines is 1. The third-order valence-corrected chi connectivity index (χ3v) is 6.59. The molecule has 1 aliphatic carbocycles. The van der Waals surface area contributed by atoms with Crippen molar-refractivity contribution < 1.29 is 4.79 Å². The summed E-state index contributed by atoms with van der Waals surface area (Å²) in [6.07, 6.45) is 7.78. The highest BCUT2D eigenvalue weighted by atomic mass is 16.2. The van der Waals surface area contributed by atoms with Crippen LogP contribution in [0, 0.1) is 0 Å². The number of carbonyl (C=O) groups is 1. The molecule has 3 heterocycles. The number of nitrogens with zero attached hydrogens (tertiary/aromatic N) is 5. The van der Waals surface area contributed by atoms with Crippen LogP contribution in [0.2, 0.25) is 0 Å². The predicted molar refractivity (Wildman–Crippen MR) is 113 cm³/mol. The third-order valence-electron chi connectivity index (χ3n) is 6.59. The van der Waals surface area contributed by atoms with Gasteiger partial charge in [0.25, 0.3) is 5.91 Å². The summed E-state index contributed by atoms with van der Waals surface area (Å²) in [5, 5.41) is 0. The fourth-order valence-electron chi connectivity index (χ4n) is 4.88. The van der Waals surface area contributed by atoms with Crippen molar-refractivity contribution in [3.05, 3.63) is 53.3 Å². The molecule has 1 amide bonds. The first kappa shape index (κ1) is 18.6. The first-order valence-electron chi connectivity index (χ1n) is 11.0. The minimum atomic E-state index is 0.131. The first-order valence-corrected chi connectivity index (χ1v) is 11.0. The van der Waals surface area contributed by atoms with Crippen LogP contribution in [0.25, 0.3) is 0 Å². The fraction of sp³-hybridized carbons (Fsp3) is 0.522. The van der Waals surface area contributed by atoms with Crippen LogP contribution in [0.3, 0.4) is 0 Å². The molecule has 0 N–H and O–H groups in total. The largest absolute Gasteiger partial charge is 0.338 e. The van der Waals surface area contributed by atoms with Gasteiger partial charge in [0.05, 0.1) is 17.8 Å². The standard InChI is InChI=1S/C23H29N5O/c29-22-20-15-24-23(25-21(20)17-28(22)19-9-5-2-6-10-19)27-13-11-26(12-14-27)16-18-7-3-1-4-8-18/h1,3-4,7-8,15,19H,2,5-6,9-14,16-17H2. The lowest BCUT2D eigenvalue weighted by Gasteiger charge is -2.34. The van der Waals surface area contributed by atoms with E-state index in [0.29, 0.717) is 18.2 Å². The van der Waals surface area contributed by atoms with E-state index < -0.39 is 0 Å². The monoisotopic (exact) mass is 391 g/mol. The highest BCUT2D eigenvalue weighted by Crippen LogP contribution is 2.30. The average molecular weight is 392 g/mol. The molecule has 152 valence electrons. The average Bonchev–Trinajstić information content (AvgIpc) is 3.11. The zero-order valence-electron chi connectivity index (χ0n) is 17.0. The number of aromatic nitrogens is 2. The van der Waals surface area contributed by atoms with Gasteiger partial charge in [-0.2, -0.15) is 0 Å². The van der Waals surface area contributed by atoms with Crippen LogP contribution in [-0.2, 0) is 13.1 Å². The highest BCUT2D eigenvalue weighted by molar-refractivity contribution is 5.97. The molecule has 6 heteroatoms. The number of hydrogen-bond acceptors (Lipinski definition) is 5. The van der Waals surface area contributed by atoms with Gasteiger partial charge in [0.2, 0.25) is 5.95 Å². The van der Waals surface area contributed by atoms with E-state index in [0.717, 1.165) is 57.2 Å².